The number of aromatic nitrogens is 4. The van der Waals surface area contributed by atoms with E-state index in [4.69, 9.17) is 0 Å². The predicted molar refractivity (Wildman–Crippen MR) is 497 cm³/mol. The zero-order valence-corrected chi connectivity index (χ0v) is 64.4. The first-order valence-corrected chi connectivity index (χ1v) is 39.8. The molecular formula is C109H79BrN6. The van der Waals surface area contributed by atoms with Crippen molar-refractivity contribution in [2.24, 2.45) is 0 Å². The van der Waals surface area contributed by atoms with Gasteiger partial charge >= 0.3 is 0 Å². The number of fused-ring (bicyclic) bond motifs is 12. The fraction of sp³-hybridized carbons (Fsp3) is 0.00917. The first kappa shape index (κ1) is 71.5. The molecule has 18 aromatic carbocycles. The fourth-order valence-corrected chi connectivity index (χ4v) is 17.0. The van der Waals surface area contributed by atoms with Gasteiger partial charge in [0.05, 0.1) is 44.1 Å². The summed E-state index contributed by atoms with van der Waals surface area (Å²) >= 11 is 3.50. The number of hydrogen-bond acceptors (Lipinski definition) is 2. The molecule has 4 heterocycles. The second-order valence-electron chi connectivity index (χ2n) is 29.0. The summed E-state index contributed by atoms with van der Waals surface area (Å²) in [5.74, 6) is 0. The van der Waals surface area contributed by atoms with Crippen molar-refractivity contribution in [2.75, 3.05) is 10.2 Å². The van der Waals surface area contributed by atoms with Gasteiger partial charge in [-0.15, -0.1) is 0 Å². The quantitative estimate of drug-likeness (QED) is 0.125. The Balaban J connectivity index is 0.000000130. The van der Waals surface area contributed by atoms with E-state index in [0.29, 0.717) is 0 Å². The molecule has 1 N–H and O–H groups in total. The SMILES string of the molecule is Brc1ccc(-n2c3ccccc3c3ccccc32)cc1.C.c1ccc(-c2ccc(N(c3ccc(-c4ccc5c(c4)c4ccccc4n5-c4ccccc4)cc3)c3ccc(-n4c5ccccc5c5ccccc54)cc3)cc2)cc1.c1ccc(-c2ccc(Nc3ccc(-c4ccc5c(c4)c4ccccc4n5-c4ccccc4)cc3)cc2)cc1. The van der Waals surface area contributed by atoms with Crippen molar-refractivity contribution < 1.29 is 0 Å². The van der Waals surface area contributed by atoms with Crippen LogP contribution in [0.1, 0.15) is 7.43 Å². The average molecular weight is 1550 g/mol. The van der Waals surface area contributed by atoms with Crippen LogP contribution < -0.4 is 10.2 Å². The molecule has 0 atom stereocenters. The van der Waals surface area contributed by atoms with Gasteiger partial charge in [-0.2, -0.15) is 0 Å². The first-order valence-electron chi connectivity index (χ1n) is 39.1. The molecule has 116 heavy (non-hydrogen) atoms. The third kappa shape index (κ3) is 13.6. The average Bonchev–Trinajstić information content (AvgIpc) is 1.61. The lowest BCUT2D eigenvalue weighted by atomic mass is 10.0. The number of rotatable bonds is 13. The minimum absolute atomic E-state index is 0. The number of hydrogen-bond donors (Lipinski definition) is 1. The van der Waals surface area contributed by atoms with Gasteiger partial charge in [0.25, 0.3) is 0 Å². The van der Waals surface area contributed by atoms with Gasteiger partial charge in [0.2, 0.25) is 0 Å². The highest BCUT2D eigenvalue weighted by atomic mass is 79.9. The van der Waals surface area contributed by atoms with Crippen molar-refractivity contribution in [1.29, 1.82) is 0 Å². The first-order chi connectivity index (χ1) is 57.0. The molecule has 0 amide bonds. The maximum atomic E-state index is 3.53. The molecule has 4 aromatic heterocycles. The topological polar surface area (TPSA) is 35.0 Å². The molecule has 0 saturated carbocycles. The van der Waals surface area contributed by atoms with Gasteiger partial charge in [-0.05, 0) is 226 Å². The van der Waals surface area contributed by atoms with Crippen LogP contribution in [0.4, 0.5) is 28.4 Å². The lowest BCUT2D eigenvalue weighted by Crippen LogP contribution is -2.10. The summed E-state index contributed by atoms with van der Waals surface area (Å²) in [6.07, 6.45) is 0. The van der Waals surface area contributed by atoms with Crippen LogP contribution in [-0.2, 0) is 0 Å². The Morgan fingerprint density at radius 3 is 0.716 bits per heavy atom. The van der Waals surface area contributed by atoms with Crippen LogP contribution in [0.3, 0.4) is 0 Å². The molecule has 0 aliphatic rings. The second-order valence-corrected chi connectivity index (χ2v) is 29.9. The van der Waals surface area contributed by atoms with Crippen LogP contribution in [-0.4, -0.2) is 18.3 Å². The van der Waals surface area contributed by atoms with Crippen molar-refractivity contribution in [3.63, 3.8) is 0 Å². The van der Waals surface area contributed by atoms with E-state index in [2.05, 4.69) is 487 Å². The lowest BCUT2D eigenvalue weighted by molar-refractivity contribution is 1.17. The molecule has 7 heteroatoms. The molecule has 552 valence electrons. The van der Waals surface area contributed by atoms with Crippen LogP contribution in [0.15, 0.2) is 453 Å². The van der Waals surface area contributed by atoms with Gasteiger partial charge in [-0.3, -0.25) is 0 Å². The van der Waals surface area contributed by atoms with Gasteiger partial charge in [0, 0.05) is 98.7 Å². The third-order valence-corrected chi connectivity index (χ3v) is 22.7. The van der Waals surface area contributed by atoms with Crippen molar-refractivity contribution in [1.82, 2.24) is 18.3 Å². The van der Waals surface area contributed by atoms with E-state index in [-0.39, 0.29) is 7.43 Å². The van der Waals surface area contributed by atoms with E-state index in [1.165, 1.54) is 149 Å². The van der Waals surface area contributed by atoms with E-state index in [9.17, 15) is 0 Å². The molecule has 0 fully saturated rings. The van der Waals surface area contributed by atoms with Gasteiger partial charge in [0.15, 0.2) is 0 Å². The van der Waals surface area contributed by atoms with Crippen molar-refractivity contribution in [2.45, 2.75) is 7.43 Å². The lowest BCUT2D eigenvalue weighted by Gasteiger charge is -2.26. The minimum Gasteiger partial charge on any atom is -0.356 e. The Kier molecular flexibility index (Phi) is 19.4. The Morgan fingerprint density at radius 1 is 0.181 bits per heavy atom. The highest BCUT2D eigenvalue weighted by molar-refractivity contribution is 9.10. The van der Waals surface area contributed by atoms with E-state index in [1.807, 2.05) is 6.07 Å². The molecule has 0 unspecified atom stereocenters. The van der Waals surface area contributed by atoms with Gasteiger partial charge in [0.1, 0.15) is 0 Å². The largest absolute Gasteiger partial charge is 0.356 e. The highest BCUT2D eigenvalue weighted by Crippen LogP contribution is 2.43. The summed E-state index contributed by atoms with van der Waals surface area (Å²) in [6.45, 7) is 0. The van der Waals surface area contributed by atoms with Crippen LogP contribution in [0.2, 0.25) is 0 Å². The minimum atomic E-state index is 0. The predicted octanol–water partition coefficient (Wildman–Crippen LogP) is 30.7. The number of para-hydroxylation sites is 8. The van der Waals surface area contributed by atoms with Gasteiger partial charge in [-0.1, -0.05) is 290 Å². The fourth-order valence-electron chi connectivity index (χ4n) is 16.7. The molecule has 6 nitrogen and oxygen atoms in total. The molecule has 22 aromatic rings. The van der Waals surface area contributed by atoms with Gasteiger partial charge < -0.3 is 28.5 Å². The smallest absolute Gasteiger partial charge is 0.0541 e. The highest BCUT2D eigenvalue weighted by Gasteiger charge is 2.20. The van der Waals surface area contributed by atoms with E-state index >= 15 is 0 Å². The van der Waals surface area contributed by atoms with Crippen molar-refractivity contribution in [3.05, 3.63) is 453 Å². The summed E-state index contributed by atoms with van der Waals surface area (Å²) in [5, 5.41) is 13.7. The zero-order chi connectivity index (χ0) is 76.5. The van der Waals surface area contributed by atoms with Crippen LogP contribution >= 0.6 is 15.9 Å². The number of benzene rings is 18. The Bertz CT molecular complexity index is 7130. The summed E-state index contributed by atoms with van der Waals surface area (Å²) in [6, 6.07) is 160. The van der Waals surface area contributed by atoms with Crippen LogP contribution in [0.5, 0.6) is 0 Å². The number of nitrogens with one attached hydrogen (secondary N) is 1. The van der Waals surface area contributed by atoms with E-state index in [0.717, 1.165) is 38.6 Å². The summed E-state index contributed by atoms with van der Waals surface area (Å²) in [4.78, 5) is 2.35. The van der Waals surface area contributed by atoms with Crippen molar-refractivity contribution in [3.8, 4) is 67.3 Å². The molecule has 22 rings (SSSR count). The summed E-state index contributed by atoms with van der Waals surface area (Å²) < 4.78 is 10.5. The Hall–Kier alpha value is -14.8. The molecule has 0 radical (unpaired) electrons. The molecule has 0 aliphatic carbocycles. The Morgan fingerprint density at radius 2 is 0.397 bits per heavy atom. The third-order valence-electron chi connectivity index (χ3n) is 22.2. The normalized spacial score (nSPS) is 11.2. The second kappa shape index (κ2) is 31.4. The zero-order valence-electron chi connectivity index (χ0n) is 62.8. The maximum absolute atomic E-state index is 3.53. The maximum Gasteiger partial charge on any atom is 0.0541 e. The molecule has 0 spiro atoms. The number of halogens is 1. The summed E-state index contributed by atoms with van der Waals surface area (Å²) in [7, 11) is 0. The van der Waals surface area contributed by atoms with Gasteiger partial charge in [-0.25, -0.2) is 0 Å². The molecule has 0 aliphatic heterocycles. The Labute approximate surface area is 683 Å². The number of nitrogens with zero attached hydrogens (tertiary/aromatic N) is 5. The van der Waals surface area contributed by atoms with Crippen LogP contribution in [0, 0.1) is 0 Å². The summed E-state index contributed by atoms with van der Waals surface area (Å²) in [5.41, 5.74) is 29.5. The molecule has 0 bridgehead atoms. The van der Waals surface area contributed by atoms with E-state index < -0.39 is 0 Å². The molecular weight excluding hydrogens is 1470 g/mol. The van der Waals surface area contributed by atoms with Crippen LogP contribution in [0.25, 0.3) is 154 Å². The number of anilines is 5. The van der Waals surface area contributed by atoms with E-state index in [1.54, 1.807) is 0 Å². The van der Waals surface area contributed by atoms with Crippen molar-refractivity contribution >= 4 is 132 Å². The molecule has 0 saturated heterocycles. The standard InChI is InChI=1S/C54H37N3.C36H26N2.C18H12BrN.CH4/c1-3-13-38(14-4-1)39-23-28-43(29-24-39)55(45-32-34-46(35-33-45)57-51-20-10-7-17-47(51)48-18-8-11-21-52(48)57)44-30-25-40(26-31-44)41-27-36-54-50(37-41)49-19-9-12-22-53(49)56(54)42-15-5-2-6-16-42;1-3-9-26(10-4-1)27-15-20-30(21-16-27)37-31-22-17-28(18-23-31)29-19-24-36-34(25-29)33-13-7-8-14-35(33)38(36)32-11-5-2-6-12-32;19-13-9-11-14(12-10-13)20-17-7-3-1-5-15(17)16-6-2-4-8-18(16)20;/h1-37H;1-25,37H;1-12H;1H4. The monoisotopic (exact) mass is 1550 g/mol.